The second-order valence-corrected chi connectivity index (χ2v) is 6.51. The molecule has 2 heterocycles. The van der Waals surface area contributed by atoms with E-state index in [0.29, 0.717) is 18.1 Å². The van der Waals surface area contributed by atoms with Crippen molar-refractivity contribution in [3.63, 3.8) is 0 Å². The maximum atomic E-state index is 12.0. The normalized spacial score (nSPS) is 19.8. The Balaban J connectivity index is 0.00000176. The van der Waals surface area contributed by atoms with Crippen LogP contribution in [0.3, 0.4) is 0 Å². The summed E-state index contributed by atoms with van der Waals surface area (Å²) in [4.78, 5) is 24.4. The van der Waals surface area contributed by atoms with Crippen LogP contribution in [0.4, 0.5) is 11.4 Å². The average Bonchev–Trinajstić information content (AvgIpc) is 2.98. The maximum Gasteiger partial charge on any atom is 0.234 e. The number of nitrogens with one attached hydrogen (secondary N) is 3. The van der Waals surface area contributed by atoms with Crippen molar-refractivity contribution < 1.29 is 9.59 Å². The van der Waals surface area contributed by atoms with Crippen molar-refractivity contribution in [3.05, 3.63) is 18.2 Å². The quantitative estimate of drug-likeness (QED) is 0.787. The first-order valence-electron chi connectivity index (χ1n) is 7.28. The molecule has 1 fully saturated rings. The Morgan fingerprint density at radius 1 is 1.41 bits per heavy atom. The standard InChI is InChI=1S/C15H19N3O2S.ClH/c19-14(4-1-10-5-6-16-8-10)17-11-2-3-13-12(7-11)18-15(20)9-21-13;/h2-3,7,10,16H,1,4-6,8-9H2,(H,17,19)(H,18,20);1H. The van der Waals surface area contributed by atoms with Crippen LogP contribution in [0.15, 0.2) is 23.1 Å². The highest BCUT2D eigenvalue weighted by atomic mass is 35.5. The smallest absolute Gasteiger partial charge is 0.234 e. The third-order valence-corrected chi connectivity index (χ3v) is 4.91. The van der Waals surface area contributed by atoms with Crippen LogP contribution in [-0.4, -0.2) is 30.7 Å². The van der Waals surface area contributed by atoms with Crippen LogP contribution in [0.5, 0.6) is 0 Å². The zero-order chi connectivity index (χ0) is 14.7. The minimum absolute atomic E-state index is 0. The van der Waals surface area contributed by atoms with Crippen molar-refractivity contribution >= 4 is 47.4 Å². The van der Waals surface area contributed by atoms with Crippen LogP contribution in [0.1, 0.15) is 19.3 Å². The molecule has 0 bridgehead atoms. The van der Waals surface area contributed by atoms with Gasteiger partial charge in [-0.2, -0.15) is 0 Å². The van der Waals surface area contributed by atoms with Crippen LogP contribution < -0.4 is 16.0 Å². The summed E-state index contributed by atoms with van der Waals surface area (Å²) in [7, 11) is 0. The summed E-state index contributed by atoms with van der Waals surface area (Å²) in [5, 5.41) is 9.05. The second kappa shape index (κ2) is 7.85. The molecule has 1 saturated heterocycles. The van der Waals surface area contributed by atoms with Crippen molar-refractivity contribution in [3.8, 4) is 0 Å². The molecule has 0 aromatic heterocycles. The van der Waals surface area contributed by atoms with E-state index in [0.717, 1.165) is 42.2 Å². The van der Waals surface area contributed by atoms with Crippen LogP contribution in [0, 0.1) is 5.92 Å². The summed E-state index contributed by atoms with van der Waals surface area (Å²) < 4.78 is 0. The first-order chi connectivity index (χ1) is 10.2. The van der Waals surface area contributed by atoms with Crippen LogP contribution in [-0.2, 0) is 9.59 Å². The van der Waals surface area contributed by atoms with Gasteiger partial charge in [-0.1, -0.05) is 0 Å². The monoisotopic (exact) mass is 341 g/mol. The Hall–Kier alpha value is -1.24. The molecule has 0 aliphatic carbocycles. The summed E-state index contributed by atoms with van der Waals surface area (Å²) in [6, 6.07) is 5.66. The Kier molecular flexibility index (Phi) is 6.11. The molecule has 2 amide bonds. The summed E-state index contributed by atoms with van der Waals surface area (Å²) in [5.41, 5.74) is 1.53. The fourth-order valence-corrected chi connectivity index (χ4v) is 3.47. The lowest BCUT2D eigenvalue weighted by atomic mass is 10.0. The molecular weight excluding hydrogens is 322 g/mol. The molecule has 1 unspecified atom stereocenters. The molecule has 3 rings (SSSR count). The first-order valence-corrected chi connectivity index (χ1v) is 8.26. The van der Waals surface area contributed by atoms with Gasteiger partial charge in [-0.15, -0.1) is 24.2 Å². The molecule has 0 saturated carbocycles. The lowest BCUT2D eigenvalue weighted by Gasteiger charge is -2.17. The van der Waals surface area contributed by atoms with E-state index in [1.165, 1.54) is 11.8 Å². The fraction of sp³-hybridized carbons (Fsp3) is 0.467. The Morgan fingerprint density at radius 3 is 3.05 bits per heavy atom. The molecule has 0 radical (unpaired) electrons. The van der Waals surface area contributed by atoms with E-state index in [1.807, 2.05) is 18.2 Å². The van der Waals surface area contributed by atoms with Gasteiger partial charge in [0.25, 0.3) is 0 Å². The van der Waals surface area contributed by atoms with E-state index in [4.69, 9.17) is 0 Å². The van der Waals surface area contributed by atoms with Gasteiger partial charge in [-0.25, -0.2) is 0 Å². The molecule has 1 atom stereocenters. The van der Waals surface area contributed by atoms with E-state index in [1.54, 1.807) is 0 Å². The third kappa shape index (κ3) is 4.38. The number of amides is 2. The molecule has 1 aromatic rings. The van der Waals surface area contributed by atoms with Crippen LogP contribution >= 0.6 is 24.2 Å². The molecule has 22 heavy (non-hydrogen) atoms. The van der Waals surface area contributed by atoms with Gasteiger partial charge in [0, 0.05) is 17.0 Å². The highest BCUT2D eigenvalue weighted by Crippen LogP contribution is 2.33. The lowest BCUT2D eigenvalue weighted by Crippen LogP contribution is -2.19. The number of rotatable bonds is 4. The highest BCUT2D eigenvalue weighted by molar-refractivity contribution is 8.00. The predicted octanol–water partition coefficient (Wildman–Crippen LogP) is 2.48. The molecule has 5 nitrogen and oxygen atoms in total. The molecule has 1 aromatic carbocycles. The Labute approximate surface area is 140 Å². The van der Waals surface area contributed by atoms with E-state index < -0.39 is 0 Å². The zero-order valence-electron chi connectivity index (χ0n) is 12.2. The number of carbonyl (C=O) groups is 2. The maximum absolute atomic E-state index is 12.0. The van der Waals surface area contributed by atoms with Gasteiger partial charge in [0.05, 0.1) is 11.4 Å². The lowest BCUT2D eigenvalue weighted by molar-refractivity contribution is -0.116. The van der Waals surface area contributed by atoms with E-state index in [2.05, 4.69) is 16.0 Å². The number of halogens is 1. The van der Waals surface area contributed by atoms with Gasteiger partial charge in [-0.3, -0.25) is 9.59 Å². The number of carbonyl (C=O) groups excluding carboxylic acids is 2. The first kappa shape index (κ1) is 17.1. The molecule has 0 spiro atoms. The van der Waals surface area contributed by atoms with E-state index in [-0.39, 0.29) is 24.2 Å². The number of hydrogen-bond donors (Lipinski definition) is 3. The van der Waals surface area contributed by atoms with Crippen LogP contribution in [0.2, 0.25) is 0 Å². The van der Waals surface area contributed by atoms with Gasteiger partial charge < -0.3 is 16.0 Å². The Morgan fingerprint density at radius 2 is 2.27 bits per heavy atom. The molecule has 3 N–H and O–H groups in total. The van der Waals surface area contributed by atoms with E-state index >= 15 is 0 Å². The van der Waals surface area contributed by atoms with Gasteiger partial charge >= 0.3 is 0 Å². The highest BCUT2D eigenvalue weighted by Gasteiger charge is 2.17. The predicted molar refractivity (Wildman–Crippen MR) is 91.9 cm³/mol. The number of anilines is 2. The second-order valence-electron chi connectivity index (χ2n) is 5.49. The zero-order valence-corrected chi connectivity index (χ0v) is 13.8. The summed E-state index contributed by atoms with van der Waals surface area (Å²) in [6.45, 7) is 2.09. The largest absolute Gasteiger partial charge is 0.326 e. The summed E-state index contributed by atoms with van der Waals surface area (Å²) in [6.07, 6.45) is 2.64. The van der Waals surface area contributed by atoms with Gasteiger partial charge in [0.15, 0.2) is 0 Å². The molecular formula is C15H20ClN3O2S. The third-order valence-electron chi connectivity index (χ3n) is 3.84. The minimum Gasteiger partial charge on any atom is -0.326 e. The van der Waals surface area contributed by atoms with Crippen molar-refractivity contribution in [2.75, 3.05) is 29.5 Å². The number of benzene rings is 1. The number of fused-ring (bicyclic) bond motifs is 1. The van der Waals surface area contributed by atoms with Gasteiger partial charge in [0.2, 0.25) is 11.8 Å². The Bertz CT molecular complexity index is 562. The van der Waals surface area contributed by atoms with Crippen molar-refractivity contribution in [1.29, 1.82) is 0 Å². The summed E-state index contributed by atoms with van der Waals surface area (Å²) in [5.74, 6) is 1.12. The molecule has 2 aliphatic heterocycles. The minimum atomic E-state index is 0. The van der Waals surface area contributed by atoms with Gasteiger partial charge in [0.1, 0.15) is 0 Å². The van der Waals surface area contributed by atoms with E-state index in [9.17, 15) is 9.59 Å². The average molecular weight is 342 g/mol. The summed E-state index contributed by atoms with van der Waals surface area (Å²) >= 11 is 1.52. The molecule has 2 aliphatic rings. The number of thioether (sulfide) groups is 1. The van der Waals surface area contributed by atoms with Crippen LogP contribution in [0.25, 0.3) is 0 Å². The van der Waals surface area contributed by atoms with Crippen molar-refractivity contribution in [2.24, 2.45) is 5.92 Å². The number of hydrogen-bond acceptors (Lipinski definition) is 4. The molecule has 7 heteroatoms. The topological polar surface area (TPSA) is 70.2 Å². The fourth-order valence-electron chi connectivity index (χ4n) is 2.68. The van der Waals surface area contributed by atoms with Crippen molar-refractivity contribution in [1.82, 2.24) is 5.32 Å². The SMILES string of the molecule is Cl.O=C(CCC1CCNC1)Nc1ccc2c(c1)NC(=O)CS2. The van der Waals surface area contributed by atoms with Gasteiger partial charge in [-0.05, 0) is 50.0 Å². The molecule has 120 valence electrons. The van der Waals surface area contributed by atoms with Crippen molar-refractivity contribution in [2.45, 2.75) is 24.2 Å².